The third-order valence-corrected chi connectivity index (χ3v) is 6.12. The number of hydrogen-bond acceptors (Lipinski definition) is 8. The van der Waals surface area contributed by atoms with E-state index in [1.54, 1.807) is 18.3 Å². The van der Waals surface area contributed by atoms with Crippen molar-refractivity contribution in [3.8, 4) is 33.9 Å². The molecule has 1 saturated heterocycles. The maximum atomic E-state index is 12.9. The molecule has 182 valence electrons. The van der Waals surface area contributed by atoms with Crippen LogP contribution in [0.1, 0.15) is 10.5 Å². The van der Waals surface area contributed by atoms with Crippen LogP contribution < -0.4 is 16.2 Å². The summed E-state index contributed by atoms with van der Waals surface area (Å²) in [6, 6.07) is 20.6. The zero-order chi connectivity index (χ0) is 25.1. The predicted octanol–water partition coefficient (Wildman–Crippen LogP) is 3.55. The Morgan fingerprint density at radius 1 is 0.861 bits per heavy atom. The molecular formula is C27H27N7O2. The molecule has 3 heterocycles. The van der Waals surface area contributed by atoms with Gasteiger partial charge in [-0.1, -0.05) is 42.5 Å². The molecule has 4 N–H and O–H groups in total. The summed E-state index contributed by atoms with van der Waals surface area (Å²) < 4.78 is 6.03. The van der Waals surface area contributed by atoms with E-state index in [9.17, 15) is 4.79 Å². The van der Waals surface area contributed by atoms with Gasteiger partial charge in [-0.25, -0.2) is 4.98 Å². The van der Waals surface area contributed by atoms with Gasteiger partial charge in [-0.05, 0) is 30.8 Å². The molecule has 36 heavy (non-hydrogen) atoms. The molecule has 1 fully saturated rings. The summed E-state index contributed by atoms with van der Waals surface area (Å²) in [6.45, 7) is 3.08. The van der Waals surface area contributed by atoms with Crippen LogP contribution in [0.3, 0.4) is 0 Å². The van der Waals surface area contributed by atoms with E-state index in [2.05, 4.69) is 26.9 Å². The number of rotatable bonds is 5. The Bertz CT molecular complexity index is 1370. The summed E-state index contributed by atoms with van der Waals surface area (Å²) in [7, 11) is 2.05. The summed E-state index contributed by atoms with van der Waals surface area (Å²) in [5.41, 5.74) is 15.6. The van der Waals surface area contributed by atoms with Crippen LogP contribution in [0.5, 0.6) is 11.5 Å². The number of nitrogens with two attached hydrogens (primary N) is 2. The van der Waals surface area contributed by atoms with Gasteiger partial charge in [0.25, 0.3) is 5.91 Å². The van der Waals surface area contributed by atoms with Gasteiger partial charge in [0.2, 0.25) is 5.95 Å². The first-order chi connectivity index (χ1) is 17.5. The third-order valence-electron chi connectivity index (χ3n) is 6.12. The van der Waals surface area contributed by atoms with Gasteiger partial charge < -0.3 is 26.0 Å². The van der Waals surface area contributed by atoms with Crippen molar-refractivity contribution in [2.24, 2.45) is 0 Å². The van der Waals surface area contributed by atoms with Gasteiger partial charge in [0.05, 0.1) is 11.3 Å². The first kappa shape index (κ1) is 23.3. The molecule has 0 unspecified atom stereocenters. The highest BCUT2D eigenvalue weighted by molar-refractivity contribution is 5.92. The van der Waals surface area contributed by atoms with Gasteiger partial charge in [0.15, 0.2) is 0 Å². The molecule has 9 nitrogen and oxygen atoms in total. The fourth-order valence-electron chi connectivity index (χ4n) is 4.17. The summed E-state index contributed by atoms with van der Waals surface area (Å²) >= 11 is 0. The number of aromatic nitrogens is 3. The Labute approximate surface area is 209 Å². The number of nitrogen functional groups attached to an aromatic ring is 2. The highest BCUT2D eigenvalue weighted by Crippen LogP contribution is 2.36. The molecule has 5 rings (SSSR count). The lowest BCUT2D eigenvalue weighted by Gasteiger charge is -2.32. The SMILES string of the molecule is CN1CCN(C(=O)c2cc(Oc3ccc(-c4c(N)nc(N)nc4-c4ccccc4)cc3)ccn2)CC1. The van der Waals surface area contributed by atoms with Crippen molar-refractivity contribution in [1.29, 1.82) is 0 Å². The van der Waals surface area contributed by atoms with Crippen molar-refractivity contribution in [1.82, 2.24) is 24.8 Å². The van der Waals surface area contributed by atoms with Gasteiger partial charge in [-0.3, -0.25) is 9.78 Å². The minimum absolute atomic E-state index is 0.0869. The number of amides is 1. The molecular weight excluding hydrogens is 454 g/mol. The quantitative estimate of drug-likeness (QED) is 0.444. The van der Waals surface area contributed by atoms with Crippen LogP contribution >= 0.6 is 0 Å². The maximum Gasteiger partial charge on any atom is 0.272 e. The van der Waals surface area contributed by atoms with Crippen LogP contribution in [0.15, 0.2) is 72.9 Å². The number of benzene rings is 2. The van der Waals surface area contributed by atoms with E-state index < -0.39 is 0 Å². The van der Waals surface area contributed by atoms with Gasteiger partial charge in [0.1, 0.15) is 23.0 Å². The largest absolute Gasteiger partial charge is 0.457 e. The number of likely N-dealkylation sites (N-methyl/N-ethyl adjacent to an activating group) is 1. The Morgan fingerprint density at radius 2 is 1.58 bits per heavy atom. The smallest absolute Gasteiger partial charge is 0.272 e. The first-order valence-electron chi connectivity index (χ1n) is 11.7. The van der Waals surface area contributed by atoms with Crippen LogP contribution in [-0.4, -0.2) is 63.9 Å². The lowest BCUT2D eigenvalue weighted by molar-refractivity contribution is 0.0658. The first-order valence-corrected chi connectivity index (χ1v) is 11.7. The van der Waals surface area contributed by atoms with Gasteiger partial charge >= 0.3 is 0 Å². The van der Waals surface area contributed by atoms with Crippen LogP contribution in [0, 0.1) is 0 Å². The Balaban J connectivity index is 1.37. The Hall–Kier alpha value is -4.50. The number of pyridine rings is 1. The number of nitrogens with zero attached hydrogens (tertiary/aromatic N) is 5. The van der Waals surface area contributed by atoms with Gasteiger partial charge in [-0.2, -0.15) is 4.98 Å². The van der Waals surface area contributed by atoms with Crippen molar-refractivity contribution < 1.29 is 9.53 Å². The molecule has 0 spiro atoms. The molecule has 0 bridgehead atoms. The molecule has 1 aliphatic heterocycles. The second-order valence-corrected chi connectivity index (χ2v) is 8.66. The molecule has 9 heteroatoms. The fourth-order valence-corrected chi connectivity index (χ4v) is 4.17. The van der Waals surface area contributed by atoms with Gasteiger partial charge in [-0.15, -0.1) is 0 Å². The molecule has 4 aromatic rings. The number of carbonyl (C=O) groups excluding carboxylic acids is 1. The average Bonchev–Trinajstić information content (AvgIpc) is 2.90. The van der Waals surface area contributed by atoms with E-state index >= 15 is 0 Å². The number of hydrogen-bond donors (Lipinski definition) is 2. The highest BCUT2D eigenvalue weighted by Gasteiger charge is 2.22. The number of carbonyl (C=O) groups is 1. The average molecular weight is 482 g/mol. The molecule has 1 aliphatic rings. The van der Waals surface area contributed by atoms with E-state index in [-0.39, 0.29) is 11.9 Å². The topological polar surface area (TPSA) is 123 Å². The number of anilines is 2. The molecule has 0 atom stereocenters. The van der Waals surface area contributed by atoms with Crippen LogP contribution in [0.25, 0.3) is 22.4 Å². The molecule has 1 amide bonds. The Morgan fingerprint density at radius 3 is 2.31 bits per heavy atom. The zero-order valence-corrected chi connectivity index (χ0v) is 20.0. The predicted molar refractivity (Wildman–Crippen MR) is 139 cm³/mol. The normalized spacial score (nSPS) is 14.0. The third kappa shape index (κ3) is 4.96. The summed E-state index contributed by atoms with van der Waals surface area (Å²) in [5.74, 6) is 1.48. The molecule has 0 radical (unpaired) electrons. The monoisotopic (exact) mass is 481 g/mol. The molecule has 2 aromatic carbocycles. The van der Waals surface area contributed by atoms with E-state index in [4.69, 9.17) is 16.2 Å². The number of piperazine rings is 1. The van der Waals surface area contributed by atoms with Crippen molar-refractivity contribution in [2.75, 3.05) is 44.7 Å². The lowest BCUT2D eigenvalue weighted by atomic mass is 9.99. The van der Waals surface area contributed by atoms with Gasteiger partial charge in [0, 0.05) is 44.0 Å². The standard InChI is InChI=1S/C27H27N7O2/c1-33-13-15-34(16-14-33)26(35)22-17-21(11-12-30-22)36-20-9-7-18(8-10-20)23-24(19-5-3-2-4-6-19)31-27(29)32-25(23)28/h2-12,17H,13-16H2,1H3,(H4,28,29,31,32). The van der Waals surface area contributed by atoms with E-state index in [1.807, 2.05) is 59.5 Å². The lowest BCUT2D eigenvalue weighted by Crippen LogP contribution is -2.47. The van der Waals surface area contributed by atoms with Crippen molar-refractivity contribution >= 4 is 17.7 Å². The van der Waals surface area contributed by atoms with Crippen LogP contribution in [-0.2, 0) is 0 Å². The number of ether oxygens (including phenoxy) is 1. The Kier molecular flexibility index (Phi) is 6.46. The minimum atomic E-state index is -0.0869. The minimum Gasteiger partial charge on any atom is -0.457 e. The van der Waals surface area contributed by atoms with E-state index in [1.165, 1.54) is 0 Å². The van der Waals surface area contributed by atoms with E-state index in [0.717, 1.165) is 24.2 Å². The maximum absolute atomic E-state index is 12.9. The summed E-state index contributed by atoms with van der Waals surface area (Å²) in [6.07, 6.45) is 1.59. The fraction of sp³-hybridized carbons (Fsp3) is 0.185. The van der Waals surface area contributed by atoms with E-state index in [0.29, 0.717) is 47.4 Å². The van der Waals surface area contributed by atoms with Crippen LogP contribution in [0.4, 0.5) is 11.8 Å². The highest BCUT2D eigenvalue weighted by atomic mass is 16.5. The summed E-state index contributed by atoms with van der Waals surface area (Å²) in [5, 5.41) is 0. The molecule has 0 saturated carbocycles. The van der Waals surface area contributed by atoms with Crippen molar-refractivity contribution in [3.05, 3.63) is 78.6 Å². The molecule has 0 aliphatic carbocycles. The second-order valence-electron chi connectivity index (χ2n) is 8.66. The van der Waals surface area contributed by atoms with Crippen molar-refractivity contribution in [3.63, 3.8) is 0 Å². The summed E-state index contributed by atoms with van der Waals surface area (Å²) in [4.78, 5) is 29.8. The van der Waals surface area contributed by atoms with Crippen molar-refractivity contribution in [2.45, 2.75) is 0 Å². The van der Waals surface area contributed by atoms with Crippen LogP contribution in [0.2, 0.25) is 0 Å². The molecule has 2 aromatic heterocycles. The second kappa shape index (κ2) is 10.0. The zero-order valence-electron chi connectivity index (χ0n) is 20.0.